The highest BCUT2D eigenvalue weighted by Gasteiger charge is 2.22. The third-order valence-corrected chi connectivity index (χ3v) is 8.23. The van der Waals surface area contributed by atoms with Gasteiger partial charge in [-0.15, -0.1) is 0 Å². The number of nitrogens with one attached hydrogen (secondary N) is 1. The third kappa shape index (κ3) is 6.65. The minimum Gasteiger partial charge on any atom is -0.480 e. The average molecular weight is 571 g/mol. The van der Waals surface area contributed by atoms with Crippen LogP contribution in [0.1, 0.15) is 19.4 Å². The van der Waals surface area contributed by atoms with Crippen molar-refractivity contribution < 1.29 is 18.3 Å². The molecule has 0 spiro atoms. The van der Waals surface area contributed by atoms with Crippen LogP contribution in [0.15, 0.2) is 47.6 Å². The van der Waals surface area contributed by atoms with Gasteiger partial charge in [-0.05, 0) is 50.1 Å². The Bertz CT molecular complexity index is 1300. The number of piperazine rings is 1. The largest absolute Gasteiger partial charge is 0.480 e. The van der Waals surface area contributed by atoms with Gasteiger partial charge in [0.25, 0.3) is 0 Å². The fourth-order valence-electron chi connectivity index (χ4n) is 4.99. The Labute approximate surface area is 238 Å². The van der Waals surface area contributed by atoms with Crippen LogP contribution in [0.2, 0.25) is 0 Å². The Kier molecular flexibility index (Phi) is 9.36. The van der Waals surface area contributed by atoms with Gasteiger partial charge in [-0.3, -0.25) is 14.8 Å². The molecule has 214 valence electrons. The fourth-order valence-corrected chi connectivity index (χ4v) is 5.74. The van der Waals surface area contributed by atoms with E-state index in [1.807, 2.05) is 6.07 Å². The molecule has 2 aromatic heterocycles. The van der Waals surface area contributed by atoms with E-state index in [0.29, 0.717) is 48.6 Å². The quantitative estimate of drug-likeness (QED) is 0.362. The molecule has 0 aliphatic carbocycles. The molecule has 0 amide bonds. The Morgan fingerprint density at radius 3 is 2.50 bits per heavy atom. The second-order valence-electron chi connectivity index (χ2n) is 10.2. The number of methoxy groups -OCH3 is 1. The molecule has 0 atom stereocenters. The molecule has 4 heterocycles. The number of aromatic nitrogens is 2. The first-order chi connectivity index (χ1) is 19.4. The fraction of sp³-hybridized carbons (Fsp3) is 0.448. The predicted octanol–water partition coefficient (Wildman–Crippen LogP) is 4.91. The number of rotatable bonds is 9. The number of hydrogen-bond acceptors (Lipinski definition) is 9. The van der Waals surface area contributed by atoms with E-state index >= 15 is 8.78 Å². The number of ether oxygens (including phenoxy) is 2. The molecule has 40 heavy (non-hydrogen) atoms. The lowest BCUT2D eigenvalue weighted by molar-refractivity contribution is 0.103. The molecule has 2 aliphatic heterocycles. The Morgan fingerprint density at radius 2 is 1.77 bits per heavy atom. The molecule has 8 nitrogen and oxygen atoms in total. The lowest BCUT2D eigenvalue weighted by atomic mass is 10.1. The van der Waals surface area contributed by atoms with Crippen molar-refractivity contribution in [3.05, 3.63) is 59.9 Å². The molecular formula is C29H36F2N6O2S. The van der Waals surface area contributed by atoms with Gasteiger partial charge >= 0.3 is 0 Å². The van der Waals surface area contributed by atoms with Gasteiger partial charge in [0.05, 0.1) is 42.8 Å². The summed E-state index contributed by atoms with van der Waals surface area (Å²) in [6, 6.07) is 9.30. The van der Waals surface area contributed by atoms with Crippen LogP contribution in [0.4, 0.5) is 20.2 Å². The van der Waals surface area contributed by atoms with Gasteiger partial charge in [-0.2, -0.15) is 0 Å². The first-order valence-electron chi connectivity index (χ1n) is 13.6. The summed E-state index contributed by atoms with van der Waals surface area (Å²) in [5, 5.41) is 0. The number of halogens is 2. The topological polar surface area (TPSA) is 66.0 Å². The summed E-state index contributed by atoms with van der Waals surface area (Å²) in [4.78, 5) is 16.4. The number of pyridine rings is 2. The molecule has 0 saturated carbocycles. The number of morpholine rings is 1. The van der Waals surface area contributed by atoms with Crippen LogP contribution in [-0.2, 0) is 11.3 Å². The highest BCUT2D eigenvalue weighted by Crippen LogP contribution is 2.33. The van der Waals surface area contributed by atoms with Gasteiger partial charge in [0.2, 0.25) is 5.88 Å². The van der Waals surface area contributed by atoms with E-state index in [1.54, 1.807) is 43.8 Å². The minimum absolute atomic E-state index is 0.132. The van der Waals surface area contributed by atoms with Crippen LogP contribution in [0, 0.1) is 11.6 Å². The summed E-state index contributed by atoms with van der Waals surface area (Å²) < 4.78 is 44.6. The number of hydrogen-bond donors (Lipinski definition) is 1. The number of anilines is 2. The van der Waals surface area contributed by atoms with E-state index in [2.05, 4.69) is 43.2 Å². The van der Waals surface area contributed by atoms with E-state index in [9.17, 15) is 0 Å². The summed E-state index contributed by atoms with van der Waals surface area (Å²) in [5.41, 5.74) is 2.53. The predicted molar refractivity (Wildman–Crippen MR) is 155 cm³/mol. The molecule has 3 aromatic rings. The van der Waals surface area contributed by atoms with Crippen LogP contribution in [0.25, 0.3) is 11.3 Å². The van der Waals surface area contributed by atoms with Crippen molar-refractivity contribution in [3.8, 4) is 17.1 Å². The van der Waals surface area contributed by atoms with Crippen molar-refractivity contribution in [1.29, 1.82) is 0 Å². The summed E-state index contributed by atoms with van der Waals surface area (Å²) in [5.74, 6) is -1.19. The second kappa shape index (κ2) is 13.1. The first kappa shape index (κ1) is 28.5. The number of benzene rings is 1. The lowest BCUT2D eigenvalue weighted by Crippen LogP contribution is -2.48. The molecule has 11 heteroatoms. The Hall–Kier alpha value is -2.99. The third-order valence-electron chi connectivity index (χ3n) is 7.38. The standard InChI is InChI=1S/C29H36F2N6O2S/c1-20(2)36-10-8-35(9-11-36)19-21-4-5-24(28(31)27(21)30)25-16-22(6-7-32-25)34-40-26-17-23(18-33-29(26)38-3)37-12-14-39-15-13-37/h4-7,16-18,20H,8-15,19H2,1-3H3,(H,32,34). The zero-order valence-corrected chi connectivity index (χ0v) is 24.0. The normalized spacial score (nSPS) is 16.9. The van der Waals surface area contributed by atoms with Gasteiger partial charge in [-0.1, -0.05) is 6.07 Å². The SMILES string of the molecule is COc1ncc(N2CCOCC2)cc1SNc1ccnc(-c2ccc(CN3CCN(C(C)C)CC3)c(F)c2F)c1. The van der Waals surface area contributed by atoms with Gasteiger partial charge in [0.15, 0.2) is 11.6 Å². The van der Waals surface area contributed by atoms with Crippen molar-refractivity contribution >= 4 is 23.3 Å². The molecule has 0 bridgehead atoms. The van der Waals surface area contributed by atoms with Crippen LogP contribution >= 0.6 is 11.9 Å². The zero-order valence-electron chi connectivity index (χ0n) is 23.2. The number of nitrogens with zero attached hydrogens (tertiary/aromatic N) is 5. The maximum atomic E-state index is 15.3. The van der Waals surface area contributed by atoms with Crippen molar-refractivity contribution in [2.75, 3.05) is 69.2 Å². The van der Waals surface area contributed by atoms with Crippen molar-refractivity contribution in [1.82, 2.24) is 19.8 Å². The van der Waals surface area contributed by atoms with Gasteiger partial charge in [0, 0.05) is 74.9 Å². The van der Waals surface area contributed by atoms with Gasteiger partial charge in [-0.25, -0.2) is 13.8 Å². The van der Waals surface area contributed by atoms with Crippen LogP contribution < -0.4 is 14.4 Å². The summed E-state index contributed by atoms with van der Waals surface area (Å²) in [6.07, 6.45) is 3.38. The Morgan fingerprint density at radius 1 is 1.00 bits per heavy atom. The molecule has 0 radical (unpaired) electrons. The van der Waals surface area contributed by atoms with Crippen LogP contribution in [0.3, 0.4) is 0 Å². The Balaban J connectivity index is 1.27. The average Bonchev–Trinajstić information content (AvgIpc) is 2.99. The molecular weight excluding hydrogens is 534 g/mol. The second-order valence-corrected chi connectivity index (χ2v) is 11.1. The van der Waals surface area contributed by atoms with Crippen molar-refractivity contribution in [3.63, 3.8) is 0 Å². The van der Waals surface area contributed by atoms with E-state index in [1.165, 1.54) is 11.9 Å². The van der Waals surface area contributed by atoms with Crippen LogP contribution in [-0.4, -0.2) is 85.4 Å². The van der Waals surface area contributed by atoms with E-state index < -0.39 is 11.6 Å². The molecule has 1 aromatic carbocycles. The first-order valence-corrected chi connectivity index (χ1v) is 14.4. The summed E-state index contributed by atoms with van der Waals surface area (Å²) in [6.45, 7) is 11.2. The highest BCUT2D eigenvalue weighted by molar-refractivity contribution is 8.00. The molecule has 1 N–H and O–H groups in total. The smallest absolute Gasteiger partial charge is 0.229 e. The lowest BCUT2D eigenvalue weighted by Gasteiger charge is -2.37. The zero-order chi connectivity index (χ0) is 28.1. The van der Waals surface area contributed by atoms with Crippen LogP contribution in [0.5, 0.6) is 5.88 Å². The summed E-state index contributed by atoms with van der Waals surface area (Å²) in [7, 11) is 1.58. The molecule has 5 rings (SSSR count). The van der Waals surface area contributed by atoms with E-state index in [-0.39, 0.29) is 5.56 Å². The van der Waals surface area contributed by atoms with E-state index in [0.717, 1.165) is 49.9 Å². The van der Waals surface area contributed by atoms with Gasteiger partial charge in [0.1, 0.15) is 0 Å². The van der Waals surface area contributed by atoms with Gasteiger partial charge < -0.3 is 19.1 Å². The molecule has 0 unspecified atom stereocenters. The van der Waals surface area contributed by atoms with Crippen molar-refractivity contribution in [2.45, 2.75) is 31.3 Å². The maximum Gasteiger partial charge on any atom is 0.229 e. The molecule has 2 fully saturated rings. The van der Waals surface area contributed by atoms with Crippen molar-refractivity contribution in [2.24, 2.45) is 0 Å². The van der Waals surface area contributed by atoms with E-state index in [4.69, 9.17) is 9.47 Å². The molecule has 2 aliphatic rings. The highest BCUT2D eigenvalue weighted by atomic mass is 32.2. The minimum atomic E-state index is -0.875. The summed E-state index contributed by atoms with van der Waals surface area (Å²) >= 11 is 1.34. The monoisotopic (exact) mass is 570 g/mol. The maximum absolute atomic E-state index is 15.3. The molecule has 2 saturated heterocycles.